The van der Waals surface area contributed by atoms with E-state index in [1.54, 1.807) is 13.2 Å². The third kappa shape index (κ3) is 3.64. The topological polar surface area (TPSA) is 56.0 Å². The maximum atomic E-state index is 12.0. The molecule has 0 saturated heterocycles. The molecule has 0 spiro atoms. The Morgan fingerprint density at radius 2 is 1.86 bits per heavy atom. The largest absolute Gasteiger partial charge is 0.496 e. The Morgan fingerprint density at radius 3 is 2.71 bits per heavy atom. The Kier molecular flexibility index (Phi) is 5.13. The van der Waals surface area contributed by atoms with Crippen molar-refractivity contribution in [1.82, 2.24) is 0 Å². The van der Waals surface area contributed by atoms with Crippen LogP contribution in [0.4, 0.5) is 0 Å². The molecule has 0 unspecified atom stereocenters. The number of benzene rings is 3. The lowest BCUT2D eigenvalue weighted by Gasteiger charge is -2.10. The van der Waals surface area contributed by atoms with E-state index in [0.29, 0.717) is 5.58 Å². The summed E-state index contributed by atoms with van der Waals surface area (Å²) in [6.45, 7) is 3.73. The predicted octanol–water partition coefficient (Wildman–Crippen LogP) is 3.57. The van der Waals surface area contributed by atoms with E-state index in [0.717, 1.165) is 47.0 Å². The van der Waals surface area contributed by atoms with Gasteiger partial charge in [-0.3, -0.25) is 0 Å². The Labute approximate surface area is 163 Å². The van der Waals surface area contributed by atoms with Crippen LogP contribution in [0.3, 0.4) is 0 Å². The lowest BCUT2D eigenvalue weighted by Crippen LogP contribution is -2.83. The minimum atomic E-state index is -0.300. The first kappa shape index (κ1) is 18.3. The molecule has 1 heterocycles. The summed E-state index contributed by atoms with van der Waals surface area (Å²) in [6, 6.07) is 20.0. The zero-order valence-corrected chi connectivity index (χ0v) is 16.2. The van der Waals surface area contributed by atoms with Gasteiger partial charge in [-0.15, -0.1) is 0 Å². The lowest BCUT2D eigenvalue weighted by molar-refractivity contribution is -0.670. The van der Waals surface area contributed by atoms with E-state index in [4.69, 9.17) is 9.15 Å². The Hall–Kier alpha value is -3.11. The summed E-state index contributed by atoms with van der Waals surface area (Å²) in [5, 5.41) is 5.53. The van der Waals surface area contributed by atoms with Crippen molar-refractivity contribution in [3.63, 3.8) is 0 Å². The molecule has 4 rings (SSSR count). The van der Waals surface area contributed by atoms with E-state index in [1.165, 1.54) is 11.1 Å². The van der Waals surface area contributed by atoms with Gasteiger partial charge >= 0.3 is 5.63 Å². The molecule has 0 aliphatic rings. The van der Waals surface area contributed by atoms with Gasteiger partial charge in [-0.05, 0) is 35.4 Å². The van der Waals surface area contributed by atoms with Crippen molar-refractivity contribution in [2.24, 2.45) is 0 Å². The number of ether oxygens (including phenoxy) is 1. The van der Waals surface area contributed by atoms with Gasteiger partial charge in [0.25, 0.3) is 0 Å². The number of rotatable bonds is 6. The summed E-state index contributed by atoms with van der Waals surface area (Å²) < 4.78 is 10.9. The van der Waals surface area contributed by atoms with Crippen LogP contribution < -0.4 is 15.7 Å². The minimum absolute atomic E-state index is 0.300. The smallest absolute Gasteiger partial charge is 0.336 e. The molecular weight excluding hydrogens is 350 g/mol. The quantitative estimate of drug-likeness (QED) is 0.319. The van der Waals surface area contributed by atoms with E-state index in [2.05, 4.69) is 36.5 Å². The van der Waals surface area contributed by atoms with Crippen LogP contribution in [0.1, 0.15) is 16.7 Å². The summed E-state index contributed by atoms with van der Waals surface area (Å²) in [5.41, 5.74) is 3.80. The molecule has 0 fully saturated rings. The number of hydrogen-bond donors (Lipinski definition) is 1. The Bertz CT molecular complexity index is 1190. The van der Waals surface area contributed by atoms with Gasteiger partial charge in [-0.1, -0.05) is 48.0 Å². The van der Waals surface area contributed by atoms with Crippen LogP contribution in [0.5, 0.6) is 5.75 Å². The van der Waals surface area contributed by atoms with Crippen molar-refractivity contribution in [2.45, 2.75) is 19.9 Å². The van der Waals surface area contributed by atoms with Crippen LogP contribution in [0.25, 0.3) is 21.7 Å². The van der Waals surface area contributed by atoms with Crippen LogP contribution in [0, 0.1) is 6.92 Å². The lowest BCUT2D eigenvalue weighted by atomic mass is 10.0. The monoisotopic (exact) mass is 374 g/mol. The van der Waals surface area contributed by atoms with Gasteiger partial charge in [-0.25, -0.2) is 4.79 Å². The van der Waals surface area contributed by atoms with Gasteiger partial charge in [0.15, 0.2) is 0 Å². The first-order chi connectivity index (χ1) is 13.7. The van der Waals surface area contributed by atoms with Gasteiger partial charge < -0.3 is 14.5 Å². The van der Waals surface area contributed by atoms with Crippen molar-refractivity contribution in [3.8, 4) is 5.75 Å². The van der Waals surface area contributed by atoms with Crippen LogP contribution in [-0.4, -0.2) is 13.7 Å². The standard InChI is InChI=1S/C24H23NO3/c1-16-7-9-21(27-2)18(13-16)11-12-25-15-19-14-23(26)28-22-10-8-17-5-3-4-6-20(17)24(19)22/h3-10,13-14,25H,11-12,15H2,1-2H3/p+1. The summed E-state index contributed by atoms with van der Waals surface area (Å²) in [6.07, 6.45) is 0.908. The summed E-state index contributed by atoms with van der Waals surface area (Å²) in [7, 11) is 1.71. The number of methoxy groups -OCH3 is 1. The second kappa shape index (κ2) is 7.87. The van der Waals surface area contributed by atoms with Crippen LogP contribution in [0.15, 0.2) is 69.9 Å². The Morgan fingerprint density at radius 1 is 1.00 bits per heavy atom. The number of aryl methyl sites for hydroxylation is 1. The molecule has 1 aromatic heterocycles. The van der Waals surface area contributed by atoms with Crippen LogP contribution in [0.2, 0.25) is 0 Å². The number of hydrogen-bond acceptors (Lipinski definition) is 3. The maximum Gasteiger partial charge on any atom is 0.336 e. The normalized spacial score (nSPS) is 11.2. The zero-order valence-electron chi connectivity index (χ0n) is 16.2. The Balaban J connectivity index is 1.58. The van der Waals surface area contributed by atoms with E-state index in [-0.39, 0.29) is 5.63 Å². The van der Waals surface area contributed by atoms with E-state index in [9.17, 15) is 4.79 Å². The van der Waals surface area contributed by atoms with E-state index in [1.807, 2.05) is 30.3 Å². The summed E-state index contributed by atoms with van der Waals surface area (Å²) in [5.74, 6) is 0.927. The number of fused-ring (bicyclic) bond motifs is 3. The number of quaternary nitrogens is 1. The molecule has 3 aromatic carbocycles. The average Bonchev–Trinajstić information content (AvgIpc) is 2.70. The van der Waals surface area contributed by atoms with Gasteiger partial charge in [0.05, 0.1) is 13.7 Å². The van der Waals surface area contributed by atoms with Crippen molar-refractivity contribution < 1.29 is 14.5 Å². The molecule has 28 heavy (non-hydrogen) atoms. The third-order valence-electron chi connectivity index (χ3n) is 5.13. The molecule has 2 N–H and O–H groups in total. The average molecular weight is 374 g/mol. The molecule has 142 valence electrons. The van der Waals surface area contributed by atoms with Gasteiger partial charge in [0.2, 0.25) is 0 Å². The molecule has 0 saturated carbocycles. The van der Waals surface area contributed by atoms with Crippen molar-refractivity contribution >= 4 is 21.7 Å². The summed E-state index contributed by atoms with van der Waals surface area (Å²) >= 11 is 0. The highest BCUT2D eigenvalue weighted by Crippen LogP contribution is 2.27. The van der Waals surface area contributed by atoms with Gasteiger partial charge in [0.1, 0.15) is 17.9 Å². The van der Waals surface area contributed by atoms with E-state index >= 15 is 0 Å². The highest BCUT2D eigenvalue weighted by atomic mass is 16.5. The highest BCUT2D eigenvalue weighted by molar-refractivity contribution is 6.06. The predicted molar refractivity (Wildman–Crippen MR) is 112 cm³/mol. The molecule has 0 aliphatic heterocycles. The molecule has 0 atom stereocenters. The molecule has 4 aromatic rings. The van der Waals surface area contributed by atoms with Crippen molar-refractivity contribution in [1.29, 1.82) is 0 Å². The second-order valence-corrected chi connectivity index (χ2v) is 7.10. The van der Waals surface area contributed by atoms with E-state index < -0.39 is 0 Å². The molecule has 0 aliphatic carbocycles. The fourth-order valence-electron chi connectivity index (χ4n) is 3.80. The molecule has 4 nitrogen and oxygen atoms in total. The van der Waals surface area contributed by atoms with Crippen molar-refractivity contribution in [2.75, 3.05) is 13.7 Å². The number of nitrogens with two attached hydrogens (primary N) is 1. The second-order valence-electron chi connectivity index (χ2n) is 7.10. The maximum absolute atomic E-state index is 12.0. The zero-order chi connectivity index (χ0) is 19.5. The van der Waals surface area contributed by atoms with Crippen LogP contribution >= 0.6 is 0 Å². The molecule has 0 radical (unpaired) electrons. The van der Waals surface area contributed by atoms with Gasteiger partial charge in [-0.2, -0.15) is 0 Å². The third-order valence-corrected chi connectivity index (χ3v) is 5.13. The summed E-state index contributed by atoms with van der Waals surface area (Å²) in [4.78, 5) is 12.0. The fraction of sp³-hybridized carbons (Fsp3) is 0.208. The molecule has 0 bridgehead atoms. The minimum Gasteiger partial charge on any atom is -0.496 e. The first-order valence-electron chi connectivity index (χ1n) is 9.55. The van der Waals surface area contributed by atoms with Crippen LogP contribution in [-0.2, 0) is 13.0 Å². The molecular formula is C24H24NO3+. The van der Waals surface area contributed by atoms with Crippen molar-refractivity contribution in [3.05, 3.63) is 87.8 Å². The first-order valence-corrected chi connectivity index (χ1v) is 9.55. The SMILES string of the molecule is COc1ccc(C)cc1CC[NH2+]Cc1cc(=O)oc2ccc3ccccc3c12. The van der Waals surface area contributed by atoms with Gasteiger partial charge in [0, 0.05) is 23.4 Å². The molecule has 0 amide bonds. The highest BCUT2D eigenvalue weighted by Gasteiger charge is 2.11. The molecule has 4 heteroatoms. The fourth-order valence-corrected chi connectivity index (χ4v) is 3.80.